The quantitative estimate of drug-likeness (QED) is 0.849. The van der Waals surface area contributed by atoms with Gasteiger partial charge in [-0.3, -0.25) is 0 Å². The number of ether oxygens (including phenoxy) is 2. The Bertz CT molecular complexity index is 488. The number of carbonyl (C=O) groups excluding carboxylic acids is 1. The summed E-state index contributed by atoms with van der Waals surface area (Å²) in [6, 6.07) is 0.624. The van der Waals surface area contributed by atoms with E-state index in [0.717, 1.165) is 49.6 Å². The van der Waals surface area contributed by atoms with Gasteiger partial charge in [-0.25, -0.2) is 4.79 Å². The third-order valence-corrected chi connectivity index (χ3v) is 7.34. The second kappa shape index (κ2) is 5.09. The van der Waals surface area contributed by atoms with Crippen molar-refractivity contribution < 1.29 is 14.3 Å². The Balaban J connectivity index is 1.19. The summed E-state index contributed by atoms with van der Waals surface area (Å²) >= 11 is 0. The summed E-state index contributed by atoms with van der Waals surface area (Å²) < 4.78 is 11.6. The molecule has 0 spiro atoms. The SMILES string of the molecule is CC1([C@H]2CCCN(C(=O)NC3[C@@H]4[C@H]5CC[C@@H](C5)[C@H]34)C2)OCCO1. The van der Waals surface area contributed by atoms with Gasteiger partial charge in [0.05, 0.1) is 13.2 Å². The van der Waals surface area contributed by atoms with E-state index >= 15 is 0 Å². The highest BCUT2D eigenvalue weighted by molar-refractivity contribution is 5.75. The highest BCUT2D eigenvalue weighted by Crippen LogP contribution is 2.65. The van der Waals surface area contributed by atoms with E-state index in [0.29, 0.717) is 25.2 Å². The third kappa shape index (κ3) is 2.23. The molecule has 5 fully saturated rings. The number of hydrogen-bond acceptors (Lipinski definition) is 3. The zero-order chi connectivity index (χ0) is 15.6. The van der Waals surface area contributed by atoms with Gasteiger partial charge < -0.3 is 19.7 Å². The lowest BCUT2D eigenvalue weighted by Gasteiger charge is -2.39. The van der Waals surface area contributed by atoms with Crippen LogP contribution in [0.5, 0.6) is 0 Å². The molecule has 0 aromatic rings. The van der Waals surface area contributed by atoms with Crippen LogP contribution in [0.3, 0.4) is 0 Å². The van der Waals surface area contributed by atoms with Gasteiger partial charge >= 0.3 is 6.03 Å². The Morgan fingerprint density at radius 1 is 1.13 bits per heavy atom. The topological polar surface area (TPSA) is 50.8 Å². The molecule has 2 bridgehead atoms. The zero-order valence-electron chi connectivity index (χ0n) is 14.0. The van der Waals surface area contributed by atoms with Crippen molar-refractivity contribution in [3.8, 4) is 0 Å². The molecule has 5 heteroatoms. The minimum atomic E-state index is -0.492. The van der Waals surface area contributed by atoms with Crippen LogP contribution in [0.1, 0.15) is 39.0 Å². The molecule has 1 N–H and O–H groups in total. The van der Waals surface area contributed by atoms with E-state index < -0.39 is 5.79 Å². The predicted molar refractivity (Wildman–Crippen MR) is 84.7 cm³/mol. The Kier molecular flexibility index (Phi) is 3.22. The molecule has 2 amide bonds. The van der Waals surface area contributed by atoms with E-state index in [4.69, 9.17) is 9.47 Å². The summed E-state index contributed by atoms with van der Waals surface area (Å²) in [5.41, 5.74) is 0. The van der Waals surface area contributed by atoms with Gasteiger partial charge in [-0.1, -0.05) is 0 Å². The third-order valence-electron chi connectivity index (χ3n) is 7.34. The van der Waals surface area contributed by atoms with Crippen molar-refractivity contribution >= 4 is 6.03 Å². The van der Waals surface area contributed by atoms with Gasteiger partial charge in [-0.15, -0.1) is 0 Å². The number of nitrogens with zero attached hydrogens (tertiary/aromatic N) is 1. The molecule has 5 nitrogen and oxygen atoms in total. The molecule has 5 aliphatic rings. The Morgan fingerprint density at radius 3 is 2.52 bits per heavy atom. The number of hydrogen-bond donors (Lipinski definition) is 1. The van der Waals surface area contributed by atoms with Crippen LogP contribution in [0, 0.1) is 29.6 Å². The number of fused-ring (bicyclic) bond motifs is 5. The van der Waals surface area contributed by atoms with Crippen LogP contribution in [-0.4, -0.2) is 49.1 Å². The Labute approximate surface area is 138 Å². The first-order valence-electron chi connectivity index (χ1n) is 9.49. The largest absolute Gasteiger partial charge is 0.347 e. The minimum absolute atomic E-state index is 0.148. The molecular weight excluding hydrogens is 292 g/mol. The van der Waals surface area contributed by atoms with Crippen molar-refractivity contribution in [3.63, 3.8) is 0 Å². The molecule has 2 saturated heterocycles. The molecule has 5 rings (SSSR count). The zero-order valence-corrected chi connectivity index (χ0v) is 14.0. The summed E-state index contributed by atoms with van der Waals surface area (Å²) in [4.78, 5) is 14.7. The molecule has 1 unspecified atom stereocenters. The van der Waals surface area contributed by atoms with Crippen LogP contribution >= 0.6 is 0 Å². The number of likely N-dealkylation sites (tertiary alicyclic amines) is 1. The summed E-state index contributed by atoms with van der Waals surface area (Å²) in [6.07, 6.45) is 6.36. The normalized spacial score (nSPS) is 46.7. The van der Waals surface area contributed by atoms with Crippen LogP contribution in [0.4, 0.5) is 4.79 Å². The van der Waals surface area contributed by atoms with Crippen molar-refractivity contribution in [2.45, 2.75) is 50.9 Å². The van der Waals surface area contributed by atoms with Gasteiger partial charge in [0, 0.05) is 25.0 Å². The van der Waals surface area contributed by atoms with Crippen LogP contribution in [-0.2, 0) is 9.47 Å². The summed E-state index contributed by atoms with van der Waals surface area (Å²) in [5, 5.41) is 3.36. The van der Waals surface area contributed by atoms with Crippen molar-refractivity contribution in [1.29, 1.82) is 0 Å². The average molecular weight is 320 g/mol. The van der Waals surface area contributed by atoms with Crippen LogP contribution in [0.25, 0.3) is 0 Å². The van der Waals surface area contributed by atoms with Gasteiger partial charge in [0.1, 0.15) is 0 Å². The van der Waals surface area contributed by atoms with Gasteiger partial charge in [-0.2, -0.15) is 0 Å². The van der Waals surface area contributed by atoms with E-state index in [1.165, 1.54) is 19.3 Å². The molecule has 6 atom stereocenters. The molecule has 2 heterocycles. The monoisotopic (exact) mass is 320 g/mol. The Morgan fingerprint density at radius 2 is 1.83 bits per heavy atom. The van der Waals surface area contributed by atoms with E-state index in [-0.39, 0.29) is 6.03 Å². The van der Waals surface area contributed by atoms with Crippen LogP contribution in [0.2, 0.25) is 0 Å². The highest BCUT2D eigenvalue weighted by atomic mass is 16.7. The number of amides is 2. The molecule has 2 aliphatic heterocycles. The second-order valence-electron chi connectivity index (χ2n) is 8.46. The highest BCUT2D eigenvalue weighted by Gasteiger charge is 2.65. The fourth-order valence-corrected chi connectivity index (χ4v) is 6.11. The first-order chi connectivity index (χ1) is 11.2. The van der Waals surface area contributed by atoms with Gasteiger partial charge in [0.2, 0.25) is 0 Å². The summed E-state index contributed by atoms with van der Waals surface area (Å²) in [7, 11) is 0. The van der Waals surface area contributed by atoms with E-state index in [2.05, 4.69) is 5.32 Å². The Hall–Kier alpha value is -0.810. The first kappa shape index (κ1) is 14.5. The molecule has 0 aromatic heterocycles. The van der Waals surface area contributed by atoms with Crippen LogP contribution in [0.15, 0.2) is 0 Å². The number of rotatable bonds is 2. The van der Waals surface area contributed by atoms with Crippen molar-refractivity contribution in [1.82, 2.24) is 10.2 Å². The van der Waals surface area contributed by atoms with Gasteiger partial charge in [0.25, 0.3) is 0 Å². The lowest BCUT2D eigenvalue weighted by Crippen LogP contribution is -2.52. The smallest absolute Gasteiger partial charge is 0.317 e. The molecule has 3 aliphatic carbocycles. The average Bonchev–Trinajstić information content (AvgIpc) is 2.96. The maximum atomic E-state index is 12.7. The molecular formula is C18H28N2O3. The first-order valence-corrected chi connectivity index (χ1v) is 9.49. The van der Waals surface area contributed by atoms with Crippen molar-refractivity contribution in [2.75, 3.05) is 26.3 Å². The second-order valence-corrected chi connectivity index (χ2v) is 8.46. The standard InChI is InChI=1S/C18H28N2O3/c1-18(22-7-8-23-18)13-3-2-6-20(10-13)17(21)19-16-14-11-4-5-12(9-11)15(14)16/h11-16H,2-10H2,1H3,(H,19,21)/t11-,12-,13-,14-,15+,16?/m0/s1. The molecule has 23 heavy (non-hydrogen) atoms. The minimum Gasteiger partial charge on any atom is -0.347 e. The fraction of sp³-hybridized carbons (Fsp3) is 0.944. The summed E-state index contributed by atoms with van der Waals surface area (Å²) in [5.74, 6) is 3.22. The maximum Gasteiger partial charge on any atom is 0.317 e. The fourth-order valence-electron chi connectivity index (χ4n) is 6.11. The van der Waals surface area contributed by atoms with E-state index in [1.807, 2.05) is 11.8 Å². The predicted octanol–water partition coefficient (Wildman–Crippen LogP) is 2.22. The molecule has 128 valence electrons. The molecule has 0 aromatic carbocycles. The van der Waals surface area contributed by atoms with Crippen molar-refractivity contribution in [2.24, 2.45) is 29.6 Å². The number of nitrogens with one attached hydrogen (secondary N) is 1. The lowest BCUT2D eigenvalue weighted by molar-refractivity contribution is -0.189. The number of carbonyl (C=O) groups is 1. The van der Waals surface area contributed by atoms with Crippen molar-refractivity contribution in [3.05, 3.63) is 0 Å². The summed E-state index contributed by atoms with van der Waals surface area (Å²) in [6.45, 7) is 5.01. The number of urea groups is 1. The van der Waals surface area contributed by atoms with Gasteiger partial charge in [0.15, 0.2) is 5.79 Å². The molecule has 3 saturated carbocycles. The maximum absolute atomic E-state index is 12.7. The number of piperidine rings is 1. The molecule has 0 radical (unpaired) electrons. The van der Waals surface area contributed by atoms with Crippen LogP contribution < -0.4 is 5.32 Å². The lowest BCUT2D eigenvalue weighted by atomic mass is 9.90. The van der Waals surface area contributed by atoms with E-state index in [1.54, 1.807) is 0 Å². The van der Waals surface area contributed by atoms with E-state index in [9.17, 15) is 4.79 Å². The van der Waals surface area contributed by atoms with Gasteiger partial charge in [-0.05, 0) is 62.7 Å².